The van der Waals surface area contributed by atoms with Gasteiger partial charge in [-0.1, -0.05) is 29.8 Å². The molecule has 0 aliphatic carbocycles. The Balaban J connectivity index is 1.55. The number of benzene rings is 3. The molecule has 162 valence electrons. The predicted molar refractivity (Wildman–Crippen MR) is 123 cm³/mol. The Kier molecular flexibility index (Phi) is 6.27. The Morgan fingerprint density at radius 2 is 1.88 bits per heavy atom. The second kappa shape index (κ2) is 9.12. The lowest BCUT2D eigenvalue weighted by Gasteiger charge is -2.31. The van der Waals surface area contributed by atoms with Crippen LogP contribution in [0.4, 0.5) is 4.39 Å². The third kappa shape index (κ3) is 4.25. The van der Waals surface area contributed by atoms with Gasteiger partial charge >= 0.3 is 0 Å². The van der Waals surface area contributed by atoms with Crippen LogP contribution in [0.5, 0.6) is 0 Å². The molecule has 3 aromatic rings. The van der Waals surface area contributed by atoms with Gasteiger partial charge in [0.15, 0.2) is 0 Å². The monoisotopic (exact) mass is 447 g/mol. The summed E-state index contributed by atoms with van der Waals surface area (Å²) in [7, 11) is 1.89. The van der Waals surface area contributed by atoms with Gasteiger partial charge in [-0.3, -0.25) is 5.41 Å². The smallest absolute Gasteiger partial charge is 0.127 e. The first-order valence-electron chi connectivity index (χ1n) is 10.4. The van der Waals surface area contributed by atoms with E-state index in [-0.39, 0.29) is 5.82 Å². The van der Waals surface area contributed by atoms with Crippen LogP contribution in [0.3, 0.4) is 0 Å². The lowest BCUT2D eigenvalue weighted by molar-refractivity contribution is -0.0136. The maximum absolute atomic E-state index is 13.6. The van der Waals surface area contributed by atoms with Crippen LogP contribution in [0, 0.1) is 22.6 Å². The minimum atomic E-state index is -0.708. The Morgan fingerprint density at radius 1 is 1.16 bits per heavy atom. The highest BCUT2D eigenvalue weighted by Gasteiger charge is 2.41. The minimum absolute atomic E-state index is 0.293. The van der Waals surface area contributed by atoms with Crippen molar-refractivity contribution in [1.82, 2.24) is 4.90 Å². The Hall–Kier alpha value is -3.20. The fourth-order valence-corrected chi connectivity index (χ4v) is 4.40. The van der Waals surface area contributed by atoms with Crippen molar-refractivity contribution in [1.29, 1.82) is 10.7 Å². The Bertz CT molecular complexity index is 1170. The van der Waals surface area contributed by atoms with E-state index < -0.39 is 5.60 Å². The van der Waals surface area contributed by atoms with Crippen molar-refractivity contribution < 1.29 is 9.13 Å². The Labute approximate surface area is 192 Å². The van der Waals surface area contributed by atoms with E-state index in [0.29, 0.717) is 36.0 Å². The maximum Gasteiger partial charge on any atom is 0.127 e. The topological polar surface area (TPSA) is 60.1 Å². The van der Waals surface area contributed by atoms with Crippen molar-refractivity contribution in [2.75, 3.05) is 13.6 Å². The fourth-order valence-electron chi connectivity index (χ4n) is 4.27. The van der Waals surface area contributed by atoms with Gasteiger partial charge in [0.05, 0.1) is 18.2 Å². The number of nitrogens with zero attached hydrogens (tertiary/aromatic N) is 2. The first-order valence-corrected chi connectivity index (χ1v) is 10.8. The summed E-state index contributed by atoms with van der Waals surface area (Å²) in [5.41, 5.74) is 3.57. The molecule has 4 nitrogen and oxygen atoms in total. The van der Waals surface area contributed by atoms with Gasteiger partial charge in [0.1, 0.15) is 17.3 Å². The quantitative estimate of drug-likeness (QED) is 0.380. The lowest BCUT2D eigenvalue weighted by atomic mass is 9.81. The first-order chi connectivity index (χ1) is 15.4. The Morgan fingerprint density at radius 3 is 2.56 bits per heavy atom. The molecule has 0 aromatic heterocycles. The van der Waals surface area contributed by atoms with E-state index in [0.717, 1.165) is 28.7 Å². The van der Waals surface area contributed by atoms with Crippen molar-refractivity contribution >= 4 is 17.4 Å². The van der Waals surface area contributed by atoms with E-state index in [1.807, 2.05) is 36.2 Å². The highest BCUT2D eigenvalue weighted by atomic mass is 35.5. The summed E-state index contributed by atoms with van der Waals surface area (Å²) >= 11 is 5.96. The molecule has 6 heteroatoms. The van der Waals surface area contributed by atoms with Crippen LogP contribution in [0.1, 0.15) is 40.7 Å². The van der Waals surface area contributed by atoms with E-state index in [1.165, 1.54) is 12.1 Å². The van der Waals surface area contributed by atoms with Crippen LogP contribution in [0.2, 0.25) is 5.02 Å². The molecule has 32 heavy (non-hydrogen) atoms. The zero-order valence-electron chi connectivity index (χ0n) is 17.7. The SMILES string of the molecule is CN(CCCC1(c2ccc(F)cc2)OCc2cc(C#N)ccc21)C(=N)c1ccc(Cl)cc1. The third-order valence-electron chi connectivity index (χ3n) is 5.98. The molecule has 1 aliphatic heterocycles. The third-order valence-corrected chi connectivity index (χ3v) is 6.23. The number of rotatable bonds is 6. The molecule has 4 rings (SSSR count). The number of fused-ring (bicyclic) bond motifs is 1. The van der Waals surface area contributed by atoms with Gasteiger partial charge in [-0.05, 0) is 78.1 Å². The van der Waals surface area contributed by atoms with Gasteiger partial charge in [0.2, 0.25) is 0 Å². The van der Waals surface area contributed by atoms with E-state index in [4.69, 9.17) is 21.7 Å². The van der Waals surface area contributed by atoms with Gasteiger partial charge in [-0.25, -0.2) is 4.39 Å². The highest BCUT2D eigenvalue weighted by Crippen LogP contribution is 2.45. The molecule has 0 radical (unpaired) electrons. The lowest BCUT2D eigenvalue weighted by Crippen LogP contribution is -2.31. The summed E-state index contributed by atoms with van der Waals surface area (Å²) < 4.78 is 20.0. The zero-order valence-corrected chi connectivity index (χ0v) is 18.5. The van der Waals surface area contributed by atoms with Gasteiger partial charge < -0.3 is 9.64 Å². The molecule has 0 saturated heterocycles. The van der Waals surface area contributed by atoms with Crippen LogP contribution in [-0.2, 0) is 16.9 Å². The van der Waals surface area contributed by atoms with Gasteiger partial charge in [0.25, 0.3) is 0 Å². The number of nitrogens with one attached hydrogen (secondary N) is 1. The zero-order chi connectivity index (χ0) is 22.7. The van der Waals surface area contributed by atoms with Crippen molar-refractivity contribution in [3.8, 4) is 6.07 Å². The average Bonchev–Trinajstić information content (AvgIpc) is 3.18. The predicted octanol–water partition coefficient (Wildman–Crippen LogP) is 5.86. The van der Waals surface area contributed by atoms with Gasteiger partial charge in [-0.2, -0.15) is 5.26 Å². The molecule has 1 N–H and O–H groups in total. The summed E-state index contributed by atoms with van der Waals surface area (Å²) in [6, 6.07) is 21.5. The van der Waals surface area contributed by atoms with Crippen LogP contribution < -0.4 is 0 Å². The van der Waals surface area contributed by atoms with Crippen LogP contribution in [0.25, 0.3) is 0 Å². The van der Waals surface area contributed by atoms with Crippen LogP contribution >= 0.6 is 11.6 Å². The summed E-state index contributed by atoms with van der Waals surface area (Å²) in [5, 5.41) is 18.4. The molecule has 0 spiro atoms. The van der Waals surface area contributed by atoms with Crippen molar-refractivity contribution in [3.05, 3.63) is 105 Å². The number of halogens is 2. The summed E-state index contributed by atoms with van der Waals surface area (Å²) in [6.45, 7) is 1.05. The molecule has 0 saturated carbocycles. The van der Waals surface area contributed by atoms with Gasteiger partial charge in [0, 0.05) is 24.2 Å². The van der Waals surface area contributed by atoms with Crippen LogP contribution in [-0.4, -0.2) is 24.3 Å². The maximum atomic E-state index is 13.6. The van der Waals surface area contributed by atoms with Gasteiger partial charge in [-0.15, -0.1) is 0 Å². The second-order valence-corrected chi connectivity index (χ2v) is 8.42. The van der Waals surface area contributed by atoms with E-state index in [2.05, 4.69) is 6.07 Å². The number of ether oxygens (including phenoxy) is 1. The molecule has 1 aliphatic rings. The van der Waals surface area contributed by atoms with E-state index in [1.54, 1.807) is 30.3 Å². The summed E-state index contributed by atoms with van der Waals surface area (Å²) in [5.74, 6) is 0.127. The fraction of sp³-hybridized carbons (Fsp3) is 0.231. The van der Waals surface area contributed by atoms with E-state index in [9.17, 15) is 9.65 Å². The minimum Gasteiger partial charge on any atom is -0.361 e. The average molecular weight is 448 g/mol. The van der Waals surface area contributed by atoms with E-state index >= 15 is 0 Å². The normalized spacial score (nSPS) is 16.9. The molecule has 3 aromatic carbocycles. The molecular formula is C26H23ClFN3O. The molecule has 1 unspecified atom stereocenters. The molecule has 0 bridgehead atoms. The van der Waals surface area contributed by atoms with Crippen molar-refractivity contribution in [3.63, 3.8) is 0 Å². The summed E-state index contributed by atoms with van der Waals surface area (Å²) in [4.78, 5) is 1.90. The highest BCUT2D eigenvalue weighted by molar-refractivity contribution is 6.30. The van der Waals surface area contributed by atoms with Crippen molar-refractivity contribution in [2.24, 2.45) is 0 Å². The molecule has 1 heterocycles. The van der Waals surface area contributed by atoms with Crippen LogP contribution in [0.15, 0.2) is 66.7 Å². The number of nitriles is 1. The van der Waals surface area contributed by atoms with Crippen molar-refractivity contribution in [2.45, 2.75) is 25.0 Å². The molecule has 1 atom stereocenters. The number of amidine groups is 1. The second-order valence-electron chi connectivity index (χ2n) is 7.99. The first kappa shape index (κ1) is 22.0. The molecular weight excluding hydrogens is 425 g/mol. The largest absolute Gasteiger partial charge is 0.361 e. The number of hydrogen-bond donors (Lipinski definition) is 1. The number of hydrogen-bond acceptors (Lipinski definition) is 3. The summed E-state index contributed by atoms with van der Waals surface area (Å²) in [6.07, 6.45) is 1.42. The standard InChI is InChI=1S/C26H23ClFN3O/c1-31(25(30)19-4-8-22(27)9-5-19)14-2-13-26(21-6-10-23(28)11-7-21)24-12-3-18(16-29)15-20(24)17-32-26/h3-12,15,30H,2,13-14,17H2,1H3. The molecule has 0 amide bonds. The molecule has 0 fully saturated rings.